The molecule has 0 unspecified atom stereocenters. The molecule has 1 nitrogen and oxygen atoms in total. The van der Waals surface area contributed by atoms with Gasteiger partial charge in [0.2, 0.25) is 0 Å². The van der Waals surface area contributed by atoms with E-state index in [-0.39, 0.29) is 0 Å². The van der Waals surface area contributed by atoms with E-state index in [0.29, 0.717) is 0 Å². The van der Waals surface area contributed by atoms with Gasteiger partial charge in [-0.1, -0.05) is 0 Å². The highest BCUT2D eigenvalue weighted by Crippen LogP contribution is 2.26. The first-order valence-corrected chi connectivity index (χ1v) is 4.83. The zero-order valence-electron chi connectivity index (χ0n) is 4.23. The first kappa shape index (κ1) is 7.68. The van der Waals surface area contributed by atoms with Crippen LogP contribution in [-0.2, 0) is 0 Å². The number of thiophene rings is 1. The predicted molar refractivity (Wildman–Crippen MR) is 50.1 cm³/mol. The lowest BCUT2D eigenvalue weighted by Crippen LogP contribution is -1.71. The van der Waals surface area contributed by atoms with Crippen LogP contribution in [0.4, 0.5) is 0 Å². The summed E-state index contributed by atoms with van der Waals surface area (Å²) in [6.45, 7) is 0. The van der Waals surface area contributed by atoms with Crippen molar-refractivity contribution in [1.82, 2.24) is 0 Å². The quantitative estimate of drug-likeness (QED) is 0.575. The molecule has 0 amide bonds. The summed E-state index contributed by atoms with van der Waals surface area (Å²) in [6, 6.07) is 1.93. The zero-order valence-corrected chi connectivity index (χ0v) is 8.79. The maximum atomic E-state index is 10.2. The van der Waals surface area contributed by atoms with E-state index in [9.17, 15) is 4.79 Å². The summed E-state index contributed by atoms with van der Waals surface area (Å²) in [4.78, 5) is 11.0. The number of carbonyl (C=O) groups is 1. The minimum absolute atomic E-state index is 0.794. The topological polar surface area (TPSA) is 17.1 Å². The fraction of sp³-hybridized carbons (Fsp3) is 0. The van der Waals surface area contributed by atoms with Crippen molar-refractivity contribution in [1.29, 1.82) is 0 Å². The van der Waals surface area contributed by atoms with Crippen molar-refractivity contribution >= 4 is 56.1 Å². The van der Waals surface area contributed by atoms with Crippen molar-refractivity contribution in [2.45, 2.75) is 0 Å². The molecule has 0 atom stereocenters. The van der Waals surface area contributed by atoms with Gasteiger partial charge in [-0.05, 0) is 44.6 Å². The molecule has 0 aliphatic carbocycles. The van der Waals surface area contributed by atoms with Crippen molar-refractivity contribution in [3.63, 3.8) is 0 Å². The van der Waals surface area contributed by atoms with Gasteiger partial charge in [-0.25, -0.2) is 0 Å². The van der Waals surface area contributed by atoms with Crippen LogP contribution in [0.15, 0.2) is 9.85 Å². The van der Waals surface area contributed by atoms with E-state index < -0.39 is 0 Å². The molecule has 0 spiro atoms. The summed E-state index contributed by atoms with van der Waals surface area (Å²) in [5, 5.41) is 0. The summed E-state index contributed by atoms with van der Waals surface area (Å²) in [6.07, 6.45) is 0.872. The third-order valence-electron chi connectivity index (χ3n) is 0.790. The Morgan fingerprint density at radius 1 is 1.78 bits per heavy atom. The maximum Gasteiger partial charge on any atom is 0.161 e. The van der Waals surface area contributed by atoms with Crippen molar-refractivity contribution in [3.05, 3.63) is 18.3 Å². The molecule has 4 heteroatoms. The normalized spacial score (nSPS) is 9.56. The van der Waals surface area contributed by atoms with Crippen molar-refractivity contribution < 1.29 is 4.79 Å². The highest BCUT2D eigenvalue weighted by Gasteiger charge is 2.01. The van der Waals surface area contributed by atoms with Gasteiger partial charge in [0, 0.05) is 3.57 Å². The van der Waals surface area contributed by atoms with E-state index in [1.807, 2.05) is 6.07 Å². The van der Waals surface area contributed by atoms with Crippen molar-refractivity contribution in [3.8, 4) is 0 Å². The van der Waals surface area contributed by atoms with E-state index in [1.165, 1.54) is 11.3 Å². The molecule has 0 saturated heterocycles. The second-order valence-electron chi connectivity index (χ2n) is 1.38. The van der Waals surface area contributed by atoms with Crippen LogP contribution in [-0.4, -0.2) is 6.29 Å². The number of rotatable bonds is 1. The molecule has 0 aliphatic rings. The Morgan fingerprint density at radius 2 is 2.44 bits per heavy atom. The molecule has 0 aromatic carbocycles. The summed E-state index contributed by atoms with van der Waals surface area (Å²) in [5.41, 5.74) is 0. The van der Waals surface area contributed by atoms with Gasteiger partial charge in [-0.3, -0.25) is 4.79 Å². The number of hydrogen-bond donors (Lipinski definition) is 0. The lowest BCUT2D eigenvalue weighted by molar-refractivity contribution is 0.112. The van der Waals surface area contributed by atoms with Crippen LogP contribution in [0.25, 0.3) is 0 Å². The molecule has 0 N–H and O–H groups in total. The van der Waals surface area contributed by atoms with Crippen molar-refractivity contribution in [2.24, 2.45) is 0 Å². The molecule has 0 aliphatic heterocycles. The Bertz CT molecular complexity index is 233. The molecule has 1 rings (SSSR count). The van der Waals surface area contributed by atoms with Crippen molar-refractivity contribution in [2.75, 3.05) is 0 Å². The molecule has 0 bridgehead atoms. The Balaban J connectivity index is 3.15. The number of hydrogen-bond acceptors (Lipinski definition) is 2. The van der Waals surface area contributed by atoms with Crippen LogP contribution in [0, 0.1) is 3.57 Å². The van der Waals surface area contributed by atoms with Gasteiger partial charge in [0.1, 0.15) is 0 Å². The molecule has 1 aromatic heterocycles. The Morgan fingerprint density at radius 3 is 2.67 bits per heavy atom. The largest absolute Gasteiger partial charge is 0.297 e. The van der Waals surface area contributed by atoms with Gasteiger partial charge >= 0.3 is 0 Å². The fourth-order valence-corrected chi connectivity index (χ4v) is 3.19. The van der Waals surface area contributed by atoms with Crippen LogP contribution in [0.5, 0.6) is 0 Å². The monoisotopic (exact) mass is 316 g/mol. The number of carbonyl (C=O) groups excluding carboxylic acids is 1. The van der Waals surface area contributed by atoms with E-state index in [2.05, 4.69) is 38.5 Å². The average Bonchev–Trinajstić information content (AvgIpc) is 2.10. The highest BCUT2D eigenvalue weighted by molar-refractivity contribution is 14.1. The average molecular weight is 317 g/mol. The van der Waals surface area contributed by atoms with E-state index in [0.717, 1.165) is 18.5 Å². The van der Waals surface area contributed by atoms with E-state index >= 15 is 0 Å². The van der Waals surface area contributed by atoms with Crippen LogP contribution in [0.3, 0.4) is 0 Å². The molecule has 9 heavy (non-hydrogen) atoms. The first-order valence-electron chi connectivity index (χ1n) is 2.14. The molecule has 1 heterocycles. The summed E-state index contributed by atoms with van der Waals surface area (Å²) >= 11 is 6.86. The summed E-state index contributed by atoms with van der Waals surface area (Å²) in [5.74, 6) is 0. The second kappa shape index (κ2) is 3.12. The molecule has 0 radical (unpaired) electrons. The first-order chi connectivity index (χ1) is 4.24. The lowest BCUT2D eigenvalue weighted by atomic mass is 10.5. The van der Waals surface area contributed by atoms with Gasteiger partial charge in [-0.15, -0.1) is 11.3 Å². The SMILES string of the molecule is O=Cc1sc(Br)cc1I. The lowest BCUT2D eigenvalue weighted by Gasteiger charge is -1.76. The van der Waals surface area contributed by atoms with Gasteiger partial charge in [0.15, 0.2) is 6.29 Å². The van der Waals surface area contributed by atoms with Crippen LogP contribution in [0.2, 0.25) is 0 Å². The highest BCUT2D eigenvalue weighted by atomic mass is 127. The molecule has 0 saturated carbocycles. The zero-order chi connectivity index (χ0) is 6.85. The molecular formula is C5H2BrIOS. The fourth-order valence-electron chi connectivity index (χ4n) is 0.434. The molecule has 0 fully saturated rings. The smallest absolute Gasteiger partial charge is 0.161 e. The van der Waals surface area contributed by atoms with Crippen LogP contribution < -0.4 is 0 Å². The Labute approximate surface area is 78.7 Å². The Hall–Kier alpha value is 0.580. The third-order valence-corrected chi connectivity index (χ3v) is 3.61. The van der Waals surface area contributed by atoms with Gasteiger partial charge in [0.05, 0.1) is 8.66 Å². The minimum Gasteiger partial charge on any atom is -0.297 e. The van der Waals surface area contributed by atoms with E-state index in [1.54, 1.807) is 0 Å². The second-order valence-corrected chi connectivity index (χ2v) is 5.01. The molecule has 48 valence electrons. The van der Waals surface area contributed by atoms with Crippen LogP contribution >= 0.6 is 49.9 Å². The van der Waals surface area contributed by atoms with Gasteiger partial charge in [0.25, 0.3) is 0 Å². The molecule has 1 aromatic rings. The number of aldehydes is 1. The summed E-state index contributed by atoms with van der Waals surface area (Å²) in [7, 11) is 0. The standard InChI is InChI=1S/C5H2BrIOS/c6-5-1-3(7)4(2-8)9-5/h1-2H. The van der Waals surface area contributed by atoms with Gasteiger partial charge < -0.3 is 0 Å². The van der Waals surface area contributed by atoms with Crippen LogP contribution in [0.1, 0.15) is 9.67 Å². The summed E-state index contributed by atoms with van der Waals surface area (Å²) < 4.78 is 2.02. The minimum atomic E-state index is 0.794. The maximum absolute atomic E-state index is 10.2. The third kappa shape index (κ3) is 1.75. The van der Waals surface area contributed by atoms with E-state index in [4.69, 9.17) is 0 Å². The molecular weight excluding hydrogens is 315 g/mol. The Kier molecular flexibility index (Phi) is 2.66. The van der Waals surface area contributed by atoms with Gasteiger partial charge in [-0.2, -0.15) is 0 Å². The predicted octanol–water partition coefficient (Wildman–Crippen LogP) is 2.93. The number of halogens is 2.